The van der Waals surface area contributed by atoms with Gasteiger partial charge < -0.3 is 10.4 Å². The predicted molar refractivity (Wildman–Crippen MR) is 59.0 cm³/mol. The van der Waals surface area contributed by atoms with Crippen LogP contribution in [-0.2, 0) is 0 Å². The molecule has 0 unspecified atom stereocenters. The molecule has 0 fully saturated rings. The fraction of sp³-hybridized carbons (Fsp3) is 0.200. The summed E-state index contributed by atoms with van der Waals surface area (Å²) in [6.45, 7) is 1.58. The predicted octanol–water partition coefficient (Wildman–Crippen LogP) is 2.69. The van der Waals surface area contributed by atoms with Crippen LogP contribution in [0.5, 0.6) is 5.75 Å². The molecule has 0 amide bonds. The first-order valence-electron chi connectivity index (χ1n) is 4.26. The summed E-state index contributed by atoms with van der Waals surface area (Å²) in [6, 6.07) is 3.16. The van der Waals surface area contributed by atoms with E-state index in [-0.39, 0.29) is 5.75 Å². The number of aromatic hydroxyl groups is 1. The summed E-state index contributed by atoms with van der Waals surface area (Å²) in [5.41, 5.74) is 1.81. The largest absolute Gasteiger partial charge is 0.507 e. The Morgan fingerprint density at radius 2 is 1.93 bits per heavy atom. The van der Waals surface area contributed by atoms with Crippen LogP contribution in [0.3, 0.4) is 0 Å². The van der Waals surface area contributed by atoms with E-state index in [4.69, 9.17) is 23.2 Å². The van der Waals surface area contributed by atoms with Gasteiger partial charge in [0.25, 0.3) is 0 Å². The molecule has 4 heteroatoms. The number of rotatable bonds is 1. The first-order valence-corrected chi connectivity index (χ1v) is 5.02. The van der Waals surface area contributed by atoms with Crippen LogP contribution < -0.4 is 5.32 Å². The average Bonchev–Trinajstić information content (AvgIpc) is 2.64. The standard InChI is InChI=1S/C10H9Cl2NO/c11-8-3-7(6-1-2-13-5-6)10(14)4-9(8)12/h1,3-4,13-14H,2,5H2. The summed E-state index contributed by atoms with van der Waals surface area (Å²) in [4.78, 5) is 0. The summed E-state index contributed by atoms with van der Waals surface area (Å²) in [7, 11) is 0. The van der Waals surface area contributed by atoms with E-state index in [2.05, 4.69) is 5.32 Å². The molecular weight excluding hydrogens is 221 g/mol. The van der Waals surface area contributed by atoms with Crippen molar-refractivity contribution < 1.29 is 5.11 Å². The molecule has 1 aromatic carbocycles. The summed E-state index contributed by atoms with van der Waals surface area (Å²) in [5.74, 6) is 0.175. The molecule has 0 spiro atoms. The molecule has 0 saturated heterocycles. The second-order valence-corrected chi connectivity index (χ2v) is 3.96. The van der Waals surface area contributed by atoms with Crippen molar-refractivity contribution in [3.63, 3.8) is 0 Å². The Morgan fingerprint density at radius 3 is 2.57 bits per heavy atom. The van der Waals surface area contributed by atoms with E-state index in [0.29, 0.717) is 10.0 Å². The van der Waals surface area contributed by atoms with Gasteiger partial charge in [-0.1, -0.05) is 29.3 Å². The maximum atomic E-state index is 9.66. The van der Waals surface area contributed by atoms with Crippen LogP contribution in [0, 0.1) is 0 Å². The Hall–Kier alpha value is -0.700. The van der Waals surface area contributed by atoms with Gasteiger partial charge in [0.1, 0.15) is 5.75 Å². The van der Waals surface area contributed by atoms with E-state index in [9.17, 15) is 5.11 Å². The molecular formula is C10H9Cl2NO. The van der Waals surface area contributed by atoms with E-state index in [1.54, 1.807) is 6.07 Å². The molecule has 2 nitrogen and oxygen atoms in total. The quantitative estimate of drug-likeness (QED) is 0.777. The van der Waals surface area contributed by atoms with Gasteiger partial charge in [0, 0.05) is 24.7 Å². The maximum absolute atomic E-state index is 9.66. The van der Waals surface area contributed by atoms with Gasteiger partial charge in [-0.2, -0.15) is 0 Å². The molecule has 14 heavy (non-hydrogen) atoms. The molecule has 74 valence electrons. The molecule has 1 aromatic rings. The molecule has 0 bridgehead atoms. The fourth-order valence-electron chi connectivity index (χ4n) is 1.47. The number of halogens is 2. The lowest BCUT2D eigenvalue weighted by atomic mass is 10.1. The van der Waals surface area contributed by atoms with Crippen LogP contribution in [0.4, 0.5) is 0 Å². The van der Waals surface area contributed by atoms with E-state index in [0.717, 1.165) is 24.2 Å². The van der Waals surface area contributed by atoms with Crippen molar-refractivity contribution in [1.82, 2.24) is 5.32 Å². The number of nitrogens with one attached hydrogen (secondary N) is 1. The Labute approximate surface area is 92.1 Å². The normalized spacial score (nSPS) is 15.7. The highest BCUT2D eigenvalue weighted by Crippen LogP contribution is 2.34. The molecule has 1 aliphatic heterocycles. The first-order chi connectivity index (χ1) is 6.68. The zero-order valence-electron chi connectivity index (χ0n) is 7.35. The van der Waals surface area contributed by atoms with Crippen molar-refractivity contribution in [3.05, 3.63) is 33.8 Å². The van der Waals surface area contributed by atoms with Crippen molar-refractivity contribution in [2.45, 2.75) is 0 Å². The monoisotopic (exact) mass is 229 g/mol. The molecule has 2 N–H and O–H groups in total. The number of benzene rings is 1. The van der Waals surface area contributed by atoms with Gasteiger partial charge in [0.05, 0.1) is 10.0 Å². The van der Waals surface area contributed by atoms with Crippen LogP contribution >= 0.6 is 23.2 Å². The molecule has 0 aromatic heterocycles. The van der Waals surface area contributed by atoms with Crippen molar-refractivity contribution in [3.8, 4) is 5.75 Å². The summed E-state index contributed by atoms with van der Waals surface area (Å²) in [6.07, 6.45) is 2.03. The van der Waals surface area contributed by atoms with E-state index in [1.807, 2.05) is 6.08 Å². The SMILES string of the molecule is Oc1cc(Cl)c(Cl)cc1C1=CCNC1. The minimum atomic E-state index is 0.175. The number of phenolic OH excluding ortho intramolecular Hbond substituents is 1. The molecule has 0 aliphatic carbocycles. The molecule has 2 rings (SSSR count). The second kappa shape index (κ2) is 3.81. The Balaban J connectivity index is 2.47. The van der Waals surface area contributed by atoms with E-state index < -0.39 is 0 Å². The third kappa shape index (κ3) is 1.73. The van der Waals surface area contributed by atoms with Crippen molar-refractivity contribution in [2.75, 3.05) is 13.1 Å². The van der Waals surface area contributed by atoms with E-state index in [1.165, 1.54) is 6.07 Å². The van der Waals surface area contributed by atoms with Gasteiger partial charge in [-0.15, -0.1) is 0 Å². The maximum Gasteiger partial charge on any atom is 0.124 e. The third-order valence-electron chi connectivity index (χ3n) is 2.19. The zero-order chi connectivity index (χ0) is 10.1. The Morgan fingerprint density at radius 1 is 1.21 bits per heavy atom. The lowest BCUT2D eigenvalue weighted by molar-refractivity contribution is 0.473. The zero-order valence-corrected chi connectivity index (χ0v) is 8.86. The van der Waals surface area contributed by atoms with Crippen molar-refractivity contribution >= 4 is 28.8 Å². The summed E-state index contributed by atoms with van der Waals surface area (Å²) >= 11 is 11.6. The third-order valence-corrected chi connectivity index (χ3v) is 2.91. The highest BCUT2D eigenvalue weighted by atomic mass is 35.5. The lowest BCUT2D eigenvalue weighted by Crippen LogP contribution is -2.07. The summed E-state index contributed by atoms with van der Waals surface area (Å²) < 4.78 is 0. The molecule has 0 atom stereocenters. The smallest absolute Gasteiger partial charge is 0.124 e. The number of phenols is 1. The lowest BCUT2D eigenvalue weighted by Gasteiger charge is -2.07. The van der Waals surface area contributed by atoms with Crippen LogP contribution in [0.1, 0.15) is 5.56 Å². The van der Waals surface area contributed by atoms with Crippen LogP contribution in [-0.4, -0.2) is 18.2 Å². The molecule has 0 radical (unpaired) electrons. The first kappa shape index (κ1) is 9.84. The second-order valence-electron chi connectivity index (χ2n) is 3.14. The average molecular weight is 230 g/mol. The van der Waals surface area contributed by atoms with Crippen molar-refractivity contribution in [1.29, 1.82) is 0 Å². The van der Waals surface area contributed by atoms with Gasteiger partial charge in [-0.05, 0) is 11.6 Å². The highest BCUT2D eigenvalue weighted by molar-refractivity contribution is 6.42. The van der Waals surface area contributed by atoms with Crippen LogP contribution in [0.15, 0.2) is 18.2 Å². The minimum absolute atomic E-state index is 0.175. The summed E-state index contributed by atoms with van der Waals surface area (Å²) in [5, 5.41) is 13.7. The fourth-order valence-corrected chi connectivity index (χ4v) is 1.79. The van der Waals surface area contributed by atoms with Gasteiger partial charge in [-0.3, -0.25) is 0 Å². The highest BCUT2D eigenvalue weighted by Gasteiger charge is 2.13. The van der Waals surface area contributed by atoms with Gasteiger partial charge in [0.15, 0.2) is 0 Å². The van der Waals surface area contributed by atoms with Crippen LogP contribution in [0.2, 0.25) is 10.0 Å². The van der Waals surface area contributed by atoms with Crippen LogP contribution in [0.25, 0.3) is 5.57 Å². The minimum Gasteiger partial charge on any atom is -0.507 e. The van der Waals surface area contributed by atoms with E-state index >= 15 is 0 Å². The Kier molecular flexibility index (Phi) is 2.68. The number of hydrogen-bond acceptors (Lipinski definition) is 2. The van der Waals surface area contributed by atoms with Gasteiger partial charge in [0.2, 0.25) is 0 Å². The number of hydrogen-bond donors (Lipinski definition) is 2. The van der Waals surface area contributed by atoms with Crippen molar-refractivity contribution in [2.24, 2.45) is 0 Å². The Bertz CT molecular complexity index is 401. The molecule has 0 saturated carbocycles. The molecule has 1 aliphatic rings. The van der Waals surface area contributed by atoms with Gasteiger partial charge >= 0.3 is 0 Å². The molecule has 1 heterocycles. The topological polar surface area (TPSA) is 32.3 Å². The van der Waals surface area contributed by atoms with Gasteiger partial charge in [-0.25, -0.2) is 0 Å².